The Bertz CT molecular complexity index is 879. The molecule has 0 spiro atoms. The van der Waals surface area contributed by atoms with Crippen molar-refractivity contribution in [3.63, 3.8) is 0 Å². The third-order valence-corrected chi connectivity index (χ3v) is 4.83. The summed E-state index contributed by atoms with van der Waals surface area (Å²) in [6.45, 7) is 2.71. The molecule has 1 amide bonds. The van der Waals surface area contributed by atoms with E-state index in [9.17, 15) is 4.79 Å². The Labute approximate surface area is 163 Å². The summed E-state index contributed by atoms with van der Waals surface area (Å²) in [4.78, 5) is 12.0. The third kappa shape index (κ3) is 4.68. The van der Waals surface area contributed by atoms with Gasteiger partial charge in [0.05, 0.1) is 12.9 Å². The van der Waals surface area contributed by atoms with Crippen molar-refractivity contribution in [2.75, 3.05) is 19.4 Å². The zero-order chi connectivity index (χ0) is 19.1. The first kappa shape index (κ1) is 19.0. The zero-order valence-corrected chi connectivity index (χ0v) is 16.2. The van der Waals surface area contributed by atoms with E-state index < -0.39 is 0 Å². The molecule has 140 valence electrons. The van der Waals surface area contributed by atoms with Gasteiger partial charge in [0.15, 0.2) is 11.0 Å². The van der Waals surface area contributed by atoms with E-state index in [1.807, 2.05) is 66.1 Å². The molecule has 0 aliphatic rings. The molecule has 1 N–H and O–H groups in total. The van der Waals surface area contributed by atoms with E-state index in [1.54, 1.807) is 7.11 Å². The van der Waals surface area contributed by atoms with Crippen LogP contribution in [0.4, 0.5) is 0 Å². The molecule has 0 atom stereocenters. The van der Waals surface area contributed by atoms with Crippen LogP contribution < -0.4 is 10.1 Å². The van der Waals surface area contributed by atoms with Crippen molar-refractivity contribution in [3.05, 3.63) is 54.6 Å². The Morgan fingerprint density at radius 2 is 1.85 bits per heavy atom. The van der Waals surface area contributed by atoms with E-state index in [-0.39, 0.29) is 5.91 Å². The van der Waals surface area contributed by atoms with Gasteiger partial charge in [0, 0.05) is 17.8 Å². The third-order valence-electron chi connectivity index (χ3n) is 3.90. The lowest BCUT2D eigenvalue weighted by molar-refractivity contribution is -0.118. The molecule has 0 saturated carbocycles. The molecule has 3 rings (SSSR count). The number of methoxy groups -OCH3 is 1. The molecule has 2 aromatic carbocycles. The topological polar surface area (TPSA) is 69.0 Å². The number of nitrogens with zero attached hydrogens (tertiary/aromatic N) is 3. The number of carbonyl (C=O) groups is 1. The summed E-state index contributed by atoms with van der Waals surface area (Å²) in [5, 5.41) is 12.3. The SMILES string of the molecule is CCCNC(=O)CSc1nnc(-c2ccccc2)n1-c1ccc(OC)cc1. The molecule has 7 heteroatoms. The average Bonchev–Trinajstić information content (AvgIpc) is 3.15. The molecule has 0 bridgehead atoms. The van der Waals surface area contributed by atoms with E-state index in [4.69, 9.17) is 4.74 Å². The highest BCUT2D eigenvalue weighted by molar-refractivity contribution is 7.99. The zero-order valence-electron chi connectivity index (χ0n) is 15.4. The number of nitrogens with one attached hydrogen (secondary N) is 1. The molecule has 27 heavy (non-hydrogen) atoms. The predicted molar refractivity (Wildman–Crippen MR) is 107 cm³/mol. The molecule has 0 aliphatic heterocycles. The van der Waals surface area contributed by atoms with Crippen molar-refractivity contribution in [1.82, 2.24) is 20.1 Å². The van der Waals surface area contributed by atoms with Crippen molar-refractivity contribution < 1.29 is 9.53 Å². The van der Waals surface area contributed by atoms with Crippen LogP contribution in [-0.2, 0) is 4.79 Å². The highest BCUT2D eigenvalue weighted by Crippen LogP contribution is 2.28. The van der Waals surface area contributed by atoms with Gasteiger partial charge in [0.25, 0.3) is 0 Å². The Hall–Kier alpha value is -2.80. The number of hydrogen-bond donors (Lipinski definition) is 1. The number of aromatic nitrogens is 3. The monoisotopic (exact) mass is 382 g/mol. The normalized spacial score (nSPS) is 10.6. The van der Waals surface area contributed by atoms with Crippen LogP contribution in [0.5, 0.6) is 5.75 Å². The van der Waals surface area contributed by atoms with Crippen LogP contribution in [0.25, 0.3) is 17.1 Å². The van der Waals surface area contributed by atoms with E-state index in [1.165, 1.54) is 11.8 Å². The van der Waals surface area contributed by atoms with Gasteiger partial charge in [-0.05, 0) is 30.7 Å². The van der Waals surface area contributed by atoms with Crippen LogP contribution in [0.2, 0.25) is 0 Å². The summed E-state index contributed by atoms with van der Waals surface area (Å²) in [5.41, 5.74) is 1.87. The first-order valence-electron chi connectivity index (χ1n) is 8.77. The lowest BCUT2D eigenvalue weighted by Crippen LogP contribution is -2.25. The minimum absolute atomic E-state index is 0.00704. The Morgan fingerprint density at radius 3 is 2.52 bits per heavy atom. The van der Waals surface area contributed by atoms with E-state index in [2.05, 4.69) is 15.5 Å². The first-order chi connectivity index (χ1) is 13.2. The summed E-state index contributed by atoms with van der Waals surface area (Å²) < 4.78 is 7.21. The molecule has 1 aromatic heterocycles. The molecule has 0 radical (unpaired) electrons. The fourth-order valence-corrected chi connectivity index (χ4v) is 3.33. The number of thioether (sulfide) groups is 1. The number of carbonyl (C=O) groups excluding carboxylic acids is 1. The van der Waals surface area contributed by atoms with Gasteiger partial charge in [-0.2, -0.15) is 0 Å². The van der Waals surface area contributed by atoms with Crippen LogP contribution in [0, 0.1) is 0 Å². The van der Waals surface area contributed by atoms with Gasteiger partial charge in [0.2, 0.25) is 5.91 Å². The summed E-state index contributed by atoms with van der Waals surface area (Å²) >= 11 is 1.37. The lowest BCUT2D eigenvalue weighted by Gasteiger charge is -2.11. The fourth-order valence-electron chi connectivity index (χ4n) is 2.55. The molecule has 0 saturated heterocycles. The Morgan fingerprint density at radius 1 is 1.11 bits per heavy atom. The lowest BCUT2D eigenvalue weighted by atomic mass is 10.2. The largest absolute Gasteiger partial charge is 0.497 e. The maximum absolute atomic E-state index is 12.0. The van der Waals surface area contributed by atoms with Crippen molar-refractivity contribution >= 4 is 17.7 Å². The van der Waals surface area contributed by atoms with Gasteiger partial charge in [-0.3, -0.25) is 9.36 Å². The highest BCUT2D eigenvalue weighted by atomic mass is 32.2. The molecule has 1 heterocycles. The standard InChI is InChI=1S/C20H22N4O2S/c1-3-13-21-18(25)14-27-20-23-22-19(15-7-5-4-6-8-15)24(20)16-9-11-17(26-2)12-10-16/h4-12H,3,13-14H2,1-2H3,(H,21,25). The number of hydrogen-bond acceptors (Lipinski definition) is 5. The predicted octanol–water partition coefficient (Wildman–Crippen LogP) is 3.56. The number of ether oxygens (including phenoxy) is 1. The molecule has 0 aliphatic carbocycles. The molecule has 3 aromatic rings. The molecular weight excluding hydrogens is 360 g/mol. The second kappa shape index (κ2) is 9.23. The number of rotatable bonds is 8. The summed E-state index contributed by atoms with van der Waals surface area (Å²) in [5.74, 6) is 1.80. The fraction of sp³-hybridized carbons (Fsp3) is 0.250. The maximum Gasteiger partial charge on any atom is 0.230 e. The van der Waals surface area contributed by atoms with E-state index in [0.717, 1.165) is 29.2 Å². The minimum atomic E-state index is -0.00704. The van der Waals surface area contributed by atoms with E-state index >= 15 is 0 Å². The van der Waals surface area contributed by atoms with Gasteiger partial charge in [-0.15, -0.1) is 10.2 Å². The van der Waals surface area contributed by atoms with Crippen LogP contribution in [0.1, 0.15) is 13.3 Å². The van der Waals surface area contributed by atoms with Crippen molar-refractivity contribution in [3.8, 4) is 22.8 Å². The quantitative estimate of drug-likeness (QED) is 0.603. The summed E-state index contributed by atoms with van der Waals surface area (Å²) in [7, 11) is 1.64. The van der Waals surface area contributed by atoms with Gasteiger partial charge < -0.3 is 10.1 Å². The van der Waals surface area contributed by atoms with Crippen LogP contribution >= 0.6 is 11.8 Å². The highest BCUT2D eigenvalue weighted by Gasteiger charge is 2.17. The van der Waals surface area contributed by atoms with Crippen molar-refractivity contribution in [1.29, 1.82) is 0 Å². The maximum atomic E-state index is 12.0. The molecular formula is C20H22N4O2S. The summed E-state index contributed by atoms with van der Waals surface area (Å²) in [6.07, 6.45) is 0.913. The average molecular weight is 382 g/mol. The Balaban J connectivity index is 1.93. The molecule has 0 fully saturated rings. The number of benzene rings is 2. The van der Waals surface area contributed by atoms with Crippen LogP contribution in [0.15, 0.2) is 59.8 Å². The smallest absolute Gasteiger partial charge is 0.230 e. The number of amides is 1. The second-order valence-corrected chi connectivity index (χ2v) is 6.79. The van der Waals surface area contributed by atoms with Gasteiger partial charge in [-0.1, -0.05) is 49.0 Å². The minimum Gasteiger partial charge on any atom is -0.497 e. The van der Waals surface area contributed by atoms with Gasteiger partial charge >= 0.3 is 0 Å². The molecule has 6 nitrogen and oxygen atoms in total. The van der Waals surface area contributed by atoms with E-state index in [0.29, 0.717) is 17.5 Å². The second-order valence-electron chi connectivity index (χ2n) is 5.84. The van der Waals surface area contributed by atoms with Crippen LogP contribution in [-0.4, -0.2) is 40.1 Å². The van der Waals surface area contributed by atoms with Crippen LogP contribution in [0.3, 0.4) is 0 Å². The van der Waals surface area contributed by atoms with Gasteiger partial charge in [0.1, 0.15) is 5.75 Å². The summed E-state index contributed by atoms with van der Waals surface area (Å²) in [6, 6.07) is 17.6. The Kier molecular flexibility index (Phi) is 6.49. The van der Waals surface area contributed by atoms with Crippen molar-refractivity contribution in [2.24, 2.45) is 0 Å². The van der Waals surface area contributed by atoms with Crippen molar-refractivity contribution in [2.45, 2.75) is 18.5 Å². The molecule has 0 unspecified atom stereocenters. The van der Waals surface area contributed by atoms with Gasteiger partial charge in [-0.25, -0.2) is 0 Å². The first-order valence-corrected chi connectivity index (χ1v) is 9.76.